The van der Waals surface area contributed by atoms with Crippen LogP contribution in [0.25, 0.3) is 0 Å². The lowest BCUT2D eigenvalue weighted by Crippen LogP contribution is -2.37. The summed E-state index contributed by atoms with van der Waals surface area (Å²) in [7, 11) is 1.82. The van der Waals surface area contributed by atoms with E-state index in [-0.39, 0.29) is 0 Å². The summed E-state index contributed by atoms with van der Waals surface area (Å²) in [5.74, 6) is -0.792. The van der Waals surface area contributed by atoms with Crippen LogP contribution >= 0.6 is 0 Å². The van der Waals surface area contributed by atoms with E-state index in [0.29, 0.717) is 0 Å². The Bertz CT molecular complexity index is 349. The predicted molar refractivity (Wildman–Crippen MR) is 64.3 cm³/mol. The summed E-state index contributed by atoms with van der Waals surface area (Å²) in [6.45, 7) is 2.41. The predicted octanol–water partition coefficient (Wildman–Crippen LogP) is 1.22. The summed E-state index contributed by atoms with van der Waals surface area (Å²) in [6.07, 6.45) is 0.828. The molecule has 0 amide bonds. The van der Waals surface area contributed by atoms with E-state index in [9.17, 15) is 4.79 Å². The largest absolute Gasteiger partial charge is 0.480 e. The minimum atomic E-state index is -0.792. The summed E-state index contributed by atoms with van der Waals surface area (Å²) < 4.78 is 0. The molecule has 1 aromatic carbocycles. The van der Waals surface area contributed by atoms with E-state index in [2.05, 4.69) is 0 Å². The number of nitrogens with two attached hydrogens (primary N) is 1. The molecular weight excluding hydrogens is 204 g/mol. The average Bonchev–Trinajstić information content (AvgIpc) is 2.26. The number of likely N-dealkylation sites (N-methyl/N-ethyl adjacent to an activating group) is 1. The summed E-state index contributed by atoms with van der Waals surface area (Å²) in [6, 6.07) is 7.20. The molecule has 0 aromatic heterocycles. The second-order valence-electron chi connectivity index (χ2n) is 3.99. The molecule has 0 heterocycles. The topological polar surface area (TPSA) is 66.6 Å². The van der Waals surface area contributed by atoms with Crippen LogP contribution in [0.1, 0.15) is 12.5 Å². The Balaban J connectivity index is 2.45. The van der Waals surface area contributed by atoms with Crippen molar-refractivity contribution in [1.29, 1.82) is 0 Å². The van der Waals surface area contributed by atoms with E-state index in [1.165, 1.54) is 5.56 Å². The maximum atomic E-state index is 10.7. The van der Waals surface area contributed by atoms with Crippen LogP contribution < -0.4 is 5.73 Å². The number of carboxylic acid groups (broad SMARTS) is 1. The average molecular weight is 222 g/mol. The molecule has 1 unspecified atom stereocenters. The maximum Gasteiger partial charge on any atom is 0.320 e. The molecule has 0 aliphatic rings. The molecule has 0 radical (unpaired) electrons. The molecule has 1 rings (SSSR count). The second kappa shape index (κ2) is 5.51. The zero-order valence-corrected chi connectivity index (χ0v) is 9.68. The summed E-state index contributed by atoms with van der Waals surface area (Å²) in [5.41, 5.74) is 7.49. The Morgan fingerprint density at radius 3 is 2.50 bits per heavy atom. The third-order valence-electron chi connectivity index (χ3n) is 2.75. The van der Waals surface area contributed by atoms with Gasteiger partial charge in [-0.3, -0.25) is 9.69 Å². The monoisotopic (exact) mass is 222 g/mol. The van der Waals surface area contributed by atoms with Gasteiger partial charge in [-0.2, -0.15) is 0 Å². The first-order valence-electron chi connectivity index (χ1n) is 5.28. The fourth-order valence-electron chi connectivity index (χ4n) is 1.37. The Hall–Kier alpha value is -1.55. The molecule has 88 valence electrons. The van der Waals surface area contributed by atoms with Gasteiger partial charge < -0.3 is 10.8 Å². The van der Waals surface area contributed by atoms with Gasteiger partial charge in [-0.15, -0.1) is 0 Å². The molecular formula is C12H18N2O2. The van der Waals surface area contributed by atoms with Crippen molar-refractivity contribution >= 4 is 11.7 Å². The SMILES string of the molecule is CC(C(=O)O)N(C)CCc1ccc(N)cc1. The Kier molecular flexibility index (Phi) is 4.31. The molecule has 16 heavy (non-hydrogen) atoms. The molecule has 0 saturated carbocycles. The normalized spacial score (nSPS) is 12.7. The molecule has 3 N–H and O–H groups in total. The van der Waals surface area contributed by atoms with Gasteiger partial charge in [0.15, 0.2) is 0 Å². The number of nitrogens with zero attached hydrogens (tertiary/aromatic N) is 1. The Labute approximate surface area is 95.7 Å². The van der Waals surface area contributed by atoms with Gasteiger partial charge in [0.1, 0.15) is 6.04 Å². The number of benzene rings is 1. The van der Waals surface area contributed by atoms with Gasteiger partial charge in [0.2, 0.25) is 0 Å². The zero-order chi connectivity index (χ0) is 12.1. The molecule has 0 fully saturated rings. The number of aliphatic carboxylic acids is 1. The highest BCUT2D eigenvalue weighted by Gasteiger charge is 2.15. The Morgan fingerprint density at radius 1 is 1.44 bits per heavy atom. The van der Waals surface area contributed by atoms with Crippen LogP contribution in [0.15, 0.2) is 24.3 Å². The lowest BCUT2D eigenvalue weighted by atomic mass is 10.1. The summed E-state index contributed by atoms with van der Waals surface area (Å²) in [5, 5.41) is 8.83. The smallest absolute Gasteiger partial charge is 0.320 e. The van der Waals surface area contributed by atoms with Crippen LogP contribution in [0.2, 0.25) is 0 Å². The number of nitrogen functional groups attached to an aromatic ring is 1. The minimum absolute atomic E-state index is 0.450. The highest BCUT2D eigenvalue weighted by molar-refractivity contribution is 5.72. The highest BCUT2D eigenvalue weighted by atomic mass is 16.4. The minimum Gasteiger partial charge on any atom is -0.480 e. The van der Waals surface area contributed by atoms with Crippen molar-refractivity contribution in [2.45, 2.75) is 19.4 Å². The number of hydrogen-bond acceptors (Lipinski definition) is 3. The number of carbonyl (C=O) groups is 1. The van der Waals surface area contributed by atoms with Gasteiger partial charge in [-0.25, -0.2) is 0 Å². The third kappa shape index (κ3) is 3.55. The van der Waals surface area contributed by atoms with Crippen molar-refractivity contribution in [2.75, 3.05) is 19.3 Å². The summed E-state index contributed by atoms with van der Waals surface area (Å²) >= 11 is 0. The molecule has 0 bridgehead atoms. The molecule has 1 aromatic rings. The standard InChI is InChI=1S/C12H18N2O2/c1-9(12(15)16)14(2)8-7-10-3-5-11(13)6-4-10/h3-6,9H,7-8,13H2,1-2H3,(H,15,16). The van der Waals surface area contributed by atoms with Crippen molar-refractivity contribution < 1.29 is 9.90 Å². The lowest BCUT2D eigenvalue weighted by molar-refractivity contribution is -0.142. The lowest BCUT2D eigenvalue weighted by Gasteiger charge is -2.20. The molecule has 0 spiro atoms. The first-order chi connectivity index (χ1) is 7.50. The van der Waals surface area contributed by atoms with Crippen molar-refractivity contribution in [3.63, 3.8) is 0 Å². The maximum absolute atomic E-state index is 10.7. The van der Waals surface area contributed by atoms with Gasteiger partial charge in [0, 0.05) is 12.2 Å². The van der Waals surface area contributed by atoms with Crippen LogP contribution in [0.4, 0.5) is 5.69 Å². The first kappa shape index (κ1) is 12.5. The third-order valence-corrected chi connectivity index (χ3v) is 2.75. The molecule has 0 aliphatic heterocycles. The van der Waals surface area contributed by atoms with Crippen molar-refractivity contribution in [2.24, 2.45) is 0 Å². The molecule has 4 nitrogen and oxygen atoms in total. The van der Waals surface area contributed by atoms with Crippen molar-refractivity contribution in [1.82, 2.24) is 4.90 Å². The highest BCUT2D eigenvalue weighted by Crippen LogP contribution is 2.07. The van der Waals surface area contributed by atoms with Gasteiger partial charge >= 0.3 is 5.97 Å². The fourth-order valence-corrected chi connectivity index (χ4v) is 1.37. The van der Waals surface area contributed by atoms with E-state index in [1.54, 1.807) is 6.92 Å². The molecule has 0 saturated heterocycles. The molecule has 4 heteroatoms. The number of rotatable bonds is 5. The van der Waals surface area contributed by atoms with Gasteiger partial charge in [0.05, 0.1) is 0 Å². The number of carboxylic acids is 1. The van der Waals surface area contributed by atoms with Crippen LogP contribution in [0, 0.1) is 0 Å². The second-order valence-corrected chi connectivity index (χ2v) is 3.99. The zero-order valence-electron chi connectivity index (χ0n) is 9.68. The van der Waals surface area contributed by atoms with Gasteiger partial charge in [-0.05, 0) is 38.1 Å². The molecule has 1 atom stereocenters. The van der Waals surface area contributed by atoms with Gasteiger partial charge in [0.25, 0.3) is 0 Å². The van der Waals surface area contributed by atoms with Crippen LogP contribution in [0.5, 0.6) is 0 Å². The van der Waals surface area contributed by atoms with E-state index in [1.807, 2.05) is 36.2 Å². The van der Waals surface area contributed by atoms with Crippen molar-refractivity contribution in [3.8, 4) is 0 Å². The van der Waals surface area contributed by atoms with E-state index in [4.69, 9.17) is 10.8 Å². The van der Waals surface area contributed by atoms with Crippen LogP contribution in [0.3, 0.4) is 0 Å². The van der Waals surface area contributed by atoms with Gasteiger partial charge in [-0.1, -0.05) is 12.1 Å². The summed E-state index contributed by atoms with van der Waals surface area (Å²) in [4.78, 5) is 12.6. The van der Waals surface area contributed by atoms with E-state index in [0.717, 1.165) is 18.7 Å². The molecule has 0 aliphatic carbocycles. The van der Waals surface area contributed by atoms with E-state index < -0.39 is 12.0 Å². The van der Waals surface area contributed by atoms with E-state index >= 15 is 0 Å². The quantitative estimate of drug-likeness (QED) is 0.735. The van der Waals surface area contributed by atoms with Crippen molar-refractivity contribution in [3.05, 3.63) is 29.8 Å². The first-order valence-corrected chi connectivity index (χ1v) is 5.28. The van der Waals surface area contributed by atoms with Crippen LogP contribution in [-0.2, 0) is 11.2 Å². The fraction of sp³-hybridized carbons (Fsp3) is 0.417. The Morgan fingerprint density at radius 2 is 2.00 bits per heavy atom. The number of hydrogen-bond donors (Lipinski definition) is 2. The number of anilines is 1. The van der Waals surface area contributed by atoms with Crippen LogP contribution in [-0.4, -0.2) is 35.6 Å².